The third kappa shape index (κ3) is 4.13. The quantitative estimate of drug-likeness (QED) is 0.621. The highest BCUT2D eigenvalue weighted by molar-refractivity contribution is 5.79. The van der Waals surface area contributed by atoms with Gasteiger partial charge < -0.3 is 9.47 Å². The van der Waals surface area contributed by atoms with Crippen molar-refractivity contribution >= 4 is 10.9 Å². The van der Waals surface area contributed by atoms with E-state index in [9.17, 15) is 4.79 Å². The van der Waals surface area contributed by atoms with Gasteiger partial charge in [-0.25, -0.2) is 4.98 Å². The fraction of sp³-hybridized carbons (Fsp3) is 0.364. The lowest BCUT2D eigenvalue weighted by atomic mass is 10.2. The Kier molecular flexibility index (Phi) is 5.37. The van der Waals surface area contributed by atoms with E-state index in [1.54, 1.807) is 0 Å². The molecular weight excluding hydrogens is 340 g/mol. The minimum atomic E-state index is 0.0507. The van der Waals surface area contributed by atoms with Crippen molar-refractivity contribution in [1.29, 1.82) is 0 Å². The summed E-state index contributed by atoms with van der Waals surface area (Å²) < 4.78 is 13.3. The Hall–Kier alpha value is -2.82. The van der Waals surface area contributed by atoms with E-state index in [4.69, 9.17) is 14.5 Å². The van der Waals surface area contributed by atoms with Gasteiger partial charge in [0.2, 0.25) is 0 Å². The molecule has 1 aliphatic rings. The Morgan fingerprint density at radius 3 is 2.59 bits per heavy atom. The molecule has 1 aliphatic heterocycles. The molecule has 2 aromatic carbocycles. The van der Waals surface area contributed by atoms with Crippen LogP contribution >= 0.6 is 0 Å². The zero-order chi connectivity index (χ0) is 18.5. The normalized spacial score (nSPS) is 13.8. The van der Waals surface area contributed by atoms with Crippen LogP contribution in [0.5, 0.6) is 11.5 Å². The van der Waals surface area contributed by atoms with E-state index in [2.05, 4.69) is 0 Å². The van der Waals surface area contributed by atoms with Gasteiger partial charge in [-0.3, -0.25) is 9.36 Å². The van der Waals surface area contributed by atoms with Gasteiger partial charge >= 0.3 is 0 Å². The van der Waals surface area contributed by atoms with Gasteiger partial charge in [0.15, 0.2) is 0 Å². The summed E-state index contributed by atoms with van der Waals surface area (Å²) in [6.45, 7) is 1.90. The van der Waals surface area contributed by atoms with Crippen molar-refractivity contribution in [3.05, 3.63) is 64.7 Å². The van der Waals surface area contributed by atoms with Gasteiger partial charge in [-0.2, -0.15) is 0 Å². The van der Waals surface area contributed by atoms with E-state index in [1.165, 1.54) is 0 Å². The van der Waals surface area contributed by atoms with Crippen LogP contribution in [0.4, 0.5) is 0 Å². The number of benzene rings is 2. The predicted octanol–water partition coefficient (Wildman–Crippen LogP) is 3.97. The highest BCUT2D eigenvalue weighted by Crippen LogP contribution is 2.20. The topological polar surface area (TPSA) is 53.4 Å². The maximum atomic E-state index is 12.9. The van der Waals surface area contributed by atoms with Gasteiger partial charge in [-0.05, 0) is 43.2 Å². The highest BCUT2D eigenvalue weighted by Gasteiger charge is 2.14. The van der Waals surface area contributed by atoms with E-state index in [1.807, 2.05) is 53.1 Å². The van der Waals surface area contributed by atoms with E-state index >= 15 is 0 Å². The Labute approximate surface area is 158 Å². The Morgan fingerprint density at radius 2 is 1.74 bits per heavy atom. The van der Waals surface area contributed by atoms with Crippen molar-refractivity contribution in [3.63, 3.8) is 0 Å². The highest BCUT2D eigenvalue weighted by atomic mass is 16.5. The molecule has 140 valence electrons. The molecule has 1 aromatic heterocycles. The Balaban J connectivity index is 1.41. The molecule has 0 N–H and O–H groups in total. The molecule has 0 spiro atoms. The number of aryl methyl sites for hydroxylation is 1. The minimum Gasteiger partial charge on any atom is -0.493 e. The maximum absolute atomic E-state index is 12.9. The standard InChI is InChI=1S/C22H24N2O3/c25-22-19-16-18(27-15-7-14-26-17-8-3-1-4-9-17)11-12-20(19)23-21-10-5-2-6-13-24(21)22/h1,3-4,8-9,11-12,16H,2,5-7,10,13-15H2. The maximum Gasteiger partial charge on any atom is 0.261 e. The van der Waals surface area contributed by atoms with Crippen molar-refractivity contribution in [2.75, 3.05) is 13.2 Å². The van der Waals surface area contributed by atoms with Crippen LogP contribution in [0.3, 0.4) is 0 Å². The second-order valence-electron chi connectivity index (χ2n) is 6.84. The summed E-state index contributed by atoms with van der Waals surface area (Å²) in [6, 6.07) is 15.3. The fourth-order valence-corrected chi connectivity index (χ4v) is 3.44. The zero-order valence-electron chi connectivity index (χ0n) is 15.4. The van der Waals surface area contributed by atoms with Crippen LogP contribution in [0.1, 0.15) is 31.5 Å². The molecule has 0 unspecified atom stereocenters. The van der Waals surface area contributed by atoms with Crippen molar-refractivity contribution in [1.82, 2.24) is 9.55 Å². The molecule has 0 fully saturated rings. The average Bonchev–Trinajstić information content (AvgIpc) is 2.95. The summed E-state index contributed by atoms with van der Waals surface area (Å²) in [5.41, 5.74) is 0.808. The van der Waals surface area contributed by atoms with Crippen LogP contribution in [0.2, 0.25) is 0 Å². The first kappa shape index (κ1) is 17.6. The second-order valence-corrected chi connectivity index (χ2v) is 6.84. The minimum absolute atomic E-state index is 0.0507. The van der Waals surface area contributed by atoms with Crippen molar-refractivity contribution in [2.24, 2.45) is 0 Å². The third-order valence-electron chi connectivity index (χ3n) is 4.86. The van der Waals surface area contributed by atoms with Crippen molar-refractivity contribution in [2.45, 2.75) is 38.6 Å². The number of rotatable bonds is 6. The van der Waals surface area contributed by atoms with Gasteiger partial charge in [0.1, 0.15) is 17.3 Å². The summed E-state index contributed by atoms with van der Waals surface area (Å²) in [5, 5.41) is 0.638. The van der Waals surface area contributed by atoms with Gasteiger partial charge in [0.25, 0.3) is 5.56 Å². The summed E-state index contributed by atoms with van der Waals surface area (Å²) >= 11 is 0. The lowest BCUT2D eigenvalue weighted by molar-refractivity contribution is 0.247. The van der Waals surface area contributed by atoms with E-state index in [0.717, 1.165) is 55.7 Å². The van der Waals surface area contributed by atoms with Crippen molar-refractivity contribution < 1.29 is 9.47 Å². The number of aromatic nitrogens is 2. The molecule has 4 rings (SSSR count). The Morgan fingerprint density at radius 1 is 0.926 bits per heavy atom. The van der Waals surface area contributed by atoms with Crippen LogP contribution in [-0.4, -0.2) is 22.8 Å². The van der Waals surface area contributed by atoms with E-state index < -0.39 is 0 Å². The summed E-state index contributed by atoms with van der Waals surface area (Å²) in [7, 11) is 0. The molecule has 0 radical (unpaired) electrons. The molecule has 0 saturated carbocycles. The first-order chi connectivity index (χ1) is 13.3. The number of para-hydroxylation sites is 1. The second kappa shape index (κ2) is 8.25. The molecule has 0 aliphatic carbocycles. The van der Waals surface area contributed by atoms with Crippen molar-refractivity contribution in [3.8, 4) is 11.5 Å². The molecule has 5 heteroatoms. The molecule has 3 aromatic rings. The number of hydrogen-bond donors (Lipinski definition) is 0. The van der Waals surface area contributed by atoms with Crippen LogP contribution in [0.25, 0.3) is 10.9 Å². The van der Waals surface area contributed by atoms with E-state index in [0.29, 0.717) is 24.3 Å². The number of fused-ring (bicyclic) bond motifs is 2. The third-order valence-corrected chi connectivity index (χ3v) is 4.86. The zero-order valence-corrected chi connectivity index (χ0v) is 15.4. The van der Waals surface area contributed by atoms with Crippen LogP contribution < -0.4 is 15.0 Å². The molecule has 0 saturated heterocycles. The molecule has 0 bridgehead atoms. The number of ether oxygens (including phenoxy) is 2. The number of nitrogens with zero attached hydrogens (tertiary/aromatic N) is 2. The van der Waals surface area contributed by atoms with Crippen LogP contribution in [0.15, 0.2) is 53.3 Å². The molecule has 0 amide bonds. The van der Waals surface area contributed by atoms with Gasteiger partial charge in [0, 0.05) is 19.4 Å². The smallest absolute Gasteiger partial charge is 0.261 e. The fourth-order valence-electron chi connectivity index (χ4n) is 3.44. The average molecular weight is 364 g/mol. The molecule has 2 heterocycles. The lowest BCUT2D eigenvalue weighted by Gasteiger charge is -2.11. The first-order valence-electron chi connectivity index (χ1n) is 9.65. The Bertz CT molecular complexity index is 966. The predicted molar refractivity (Wildman–Crippen MR) is 106 cm³/mol. The van der Waals surface area contributed by atoms with Gasteiger partial charge in [-0.1, -0.05) is 24.6 Å². The first-order valence-corrected chi connectivity index (χ1v) is 9.65. The van der Waals surface area contributed by atoms with Gasteiger partial charge in [0.05, 0.1) is 24.1 Å². The molecule has 27 heavy (non-hydrogen) atoms. The largest absolute Gasteiger partial charge is 0.493 e. The molecule has 5 nitrogen and oxygen atoms in total. The summed E-state index contributed by atoms with van der Waals surface area (Å²) in [6.07, 6.45) is 4.94. The molecular formula is C22H24N2O3. The molecule has 0 atom stereocenters. The van der Waals surface area contributed by atoms with Crippen LogP contribution in [-0.2, 0) is 13.0 Å². The SMILES string of the molecule is O=c1c2cc(OCCCOc3ccccc3)ccc2nc2n1CCCCC2. The van der Waals surface area contributed by atoms with Crippen LogP contribution in [0, 0.1) is 0 Å². The summed E-state index contributed by atoms with van der Waals surface area (Å²) in [4.78, 5) is 17.6. The van der Waals surface area contributed by atoms with E-state index in [-0.39, 0.29) is 5.56 Å². The monoisotopic (exact) mass is 364 g/mol. The van der Waals surface area contributed by atoms with Gasteiger partial charge in [-0.15, -0.1) is 0 Å². The summed E-state index contributed by atoms with van der Waals surface area (Å²) in [5.74, 6) is 2.48. The lowest BCUT2D eigenvalue weighted by Crippen LogP contribution is -2.24. The number of hydrogen-bond acceptors (Lipinski definition) is 4.